The van der Waals surface area contributed by atoms with Gasteiger partial charge in [0.1, 0.15) is 0 Å². The van der Waals surface area contributed by atoms with E-state index in [-0.39, 0.29) is 0 Å². The van der Waals surface area contributed by atoms with Gasteiger partial charge in [-0.05, 0) is 44.0 Å². The van der Waals surface area contributed by atoms with E-state index in [1.807, 2.05) is 45.0 Å². The average Bonchev–Trinajstić information content (AvgIpc) is 2.58. The van der Waals surface area contributed by atoms with Crippen molar-refractivity contribution < 1.29 is 22.1 Å². The largest absolute Gasteiger partial charge is 0.537 e. The maximum absolute atomic E-state index is 13.4. The molecule has 3 nitrogen and oxygen atoms in total. The van der Waals surface area contributed by atoms with E-state index in [1.54, 1.807) is 6.07 Å². The van der Waals surface area contributed by atoms with Gasteiger partial charge in [0.25, 0.3) is 0 Å². The molecule has 0 atom stereocenters. The van der Waals surface area contributed by atoms with Crippen molar-refractivity contribution >= 4 is 14.0 Å². The first-order chi connectivity index (χ1) is 11.6. The van der Waals surface area contributed by atoms with Crippen LogP contribution in [0.1, 0.15) is 20.8 Å². The molecule has 0 saturated carbocycles. The molecule has 130 valence electrons. The molecule has 24 heavy (non-hydrogen) atoms. The third kappa shape index (κ3) is 4.07. The molecule has 0 bridgehead atoms. The summed E-state index contributed by atoms with van der Waals surface area (Å²) < 4.78 is 44.1. The van der Waals surface area contributed by atoms with E-state index in [0.717, 1.165) is 16.8 Å². The Kier molecular flexibility index (Phi) is 6.62. The summed E-state index contributed by atoms with van der Waals surface area (Å²) in [6.07, 6.45) is 0. The Labute approximate surface area is 142 Å². The van der Waals surface area contributed by atoms with Gasteiger partial charge in [0.05, 0.1) is 0 Å². The zero-order chi connectivity index (χ0) is 17.6. The Morgan fingerprint density at radius 2 is 1.21 bits per heavy atom. The highest BCUT2D eigenvalue weighted by Crippen LogP contribution is 2.22. The van der Waals surface area contributed by atoms with Crippen LogP contribution in [0.25, 0.3) is 11.1 Å². The van der Waals surface area contributed by atoms with Crippen LogP contribution in [-0.4, -0.2) is 28.6 Å². The Morgan fingerprint density at radius 3 is 1.67 bits per heavy atom. The lowest BCUT2D eigenvalue weighted by molar-refractivity contribution is 0.0859. The Hall–Kier alpha value is -1.60. The fraction of sp³-hybridized carbons (Fsp3) is 0.333. The highest BCUT2D eigenvalue weighted by molar-refractivity contribution is 6.75. The molecule has 6 heteroatoms. The molecule has 0 heterocycles. The number of rotatable bonds is 8. The van der Waals surface area contributed by atoms with E-state index in [9.17, 15) is 8.78 Å². The minimum atomic E-state index is -2.95. The smallest absolute Gasteiger partial charge is 0.370 e. The van der Waals surface area contributed by atoms with E-state index in [0.29, 0.717) is 25.4 Å². The van der Waals surface area contributed by atoms with Crippen molar-refractivity contribution in [1.82, 2.24) is 0 Å². The van der Waals surface area contributed by atoms with Gasteiger partial charge in [0.2, 0.25) is 0 Å². The normalized spacial score (nSPS) is 11.7. The second-order valence-corrected chi connectivity index (χ2v) is 7.62. The summed E-state index contributed by atoms with van der Waals surface area (Å²) in [6.45, 7) is 7.14. The van der Waals surface area contributed by atoms with Gasteiger partial charge in [-0.15, -0.1) is 0 Å². The molecule has 0 saturated heterocycles. The molecule has 0 radical (unpaired) electrons. The van der Waals surface area contributed by atoms with E-state index in [4.69, 9.17) is 13.3 Å². The quantitative estimate of drug-likeness (QED) is 0.675. The second kappa shape index (κ2) is 8.48. The number of benzene rings is 2. The molecule has 0 aliphatic carbocycles. The molecule has 2 aromatic rings. The van der Waals surface area contributed by atoms with Crippen LogP contribution < -0.4 is 5.19 Å². The van der Waals surface area contributed by atoms with Gasteiger partial charge >= 0.3 is 8.80 Å². The molecule has 0 spiro atoms. The van der Waals surface area contributed by atoms with Crippen LogP contribution in [0.15, 0.2) is 42.5 Å². The highest BCUT2D eigenvalue weighted by Gasteiger charge is 2.43. The van der Waals surface area contributed by atoms with Gasteiger partial charge < -0.3 is 13.3 Å². The van der Waals surface area contributed by atoms with Crippen LogP contribution in [0.4, 0.5) is 8.78 Å². The first-order valence-corrected chi connectivity index (χ1v) is 9.76. The van der Waals surface area contributed by atoms with Gasteiger partial charge in [-0.1, -0.05) is 30.3 Å². The fourth-order valence-electron chi connectivity index (χ4n) is 2.49. The third-order valence-corrected chi connectivity index (χ3v) is 6.54. The highest BCUT2D eigenvalue weighted by atomic mass is 28.4. The summed E-state index contributed by atoms with van der Waals surface area (Å²) in [7, 11) is -2.95. The average molecular weight is 352 g/mol. The van der Waals surface area contributed by atoms with Crippen molar-refractivity contribution in [1.29, 1.82) is 0 Å². The van der Waals surface area contributed by atoms with Crippen LogP contribution in [0.5, 0.6) is 0 Å². The molecule has 0 N–H and O–H groups in total. The standard InChI is InChI=1S/C18H22F2O3Si/c1-4-21-24(22-5-2,23-6-3)16-10-7-14(8-11-16)15-9-12-17(19)18(20)13-15/h7-13H,4-6H2,1-3H3. The lowest BCUT2D eigenvalue weighted by atomic mass is 10.1. The lowest BCUT2D eigenvalue weighted by Gasteiger charge is -2.28. The van der Waals surface area contributed by atoms with Crippen molar-refractivity contribution in [2.45, 2.75) is 20.8 Å². The van der Waals surface area contributed by atoms with Gasteiger partial charge in [-0.2, -0.15) is 0 Å². The van der Waals surface area contributed by atoms with Crippen molar-refractivity contribution in [2.75, 3.05) is 19.8 Å². The zero-order valence-electron chi connectivity index (χ0n) is 14.1. The van der Waals surface area contributed by atoms with Gasteiger partial charge in [0.15, 0.2) is 11.6 Å². The number of hydrogen-bond donors (Lipinski definition) is 0. The molecule has 0 fully saturated rings. The van der Waals surface area contributed by atoms with Crippen LogP contribution >= 0.6 is 0 Å². The van der Waals surface area contributed by atoms with Crippen LogP contribution in [-0.2, 0) is 13.3 Å². The van der Waals surface area contributed by atoms with E-state index in [2.05, 4.69) is 0 Å². The molecule has 0 aromatic heterocycles. The summed E-state index contributed by atoms with van der Waals surface area (Å²) in [5.74, 6) is -1.72. The monoisotopic (exact) mass is 352 g/mol. The lowest BCUT2D eigenvalue weighted by Crippen LogP contribution is -2.56. The first-order valence-electron chi connectivity index (χ1n) is 8.04. The topological polar surface area (TPSA) is 27.7 Å². The number of halogens is 2. The predicted molar refractivity (Wildman–Crippen MR) is 92.1 cm³/mol. The minimum absolute atomic E-state index is 0.483. The zero-order valence-corrected chi connectivity index (χ0v) is 15.1. The molecule has 0 unspecified atom stereocenters. The maximum atomic E-state index is 13.4. The van der Waals surface area contributed by atoms with E-state index >= 15 is 0 Å². The maximum Gasteiger partial charge on any atom is 0.537 e. The van der Waals surface area contributed by atoms with Gasteiger partial charge in [-0.3, -0.25) is 0 Å². The van der Waals surface area contributed by atoms with Crippen molar-refractivity contribution in [3.8, 4) is 11.1 Å². The Morgan fingerprint density at radius 1 is 0.708 bits per heavy atom. The molecule has 2 rings (SSSR count). The summed E-state index contributed by atoms with van der Waals surface area (Å²) in [6, 6.07) is 11.3. The van der Waals surface area contributed by atoms with Crippen LogP contribution in [0.3, 0.4) is 0 Å². The second-order valence-electron chi connectivity index (χ2n) is 5.06. The van der Waals surface area contributed by atoms with E-state index < -0.39 is 20.4 Å². The first kappa shape index (κ1) is 18.7. The fourth-order valence-corrected chi connectivity index (χ4v) is 4.95. The summed E-state index contributed by atoms with van der Waals surface area (Å²) in [4.78, 5) is 0. The minimum Gasteiger partial charge on any atom is -0.370 e. The molecule has 0 amide bonds. The van der Waals surface area contributed by atoms with E-state index in [1.165, 1.54) is 6.07 Å². The Balaban J connectivity index is 2.35. The van der Waals surface area contributed by atoms with Crippen molar-refractivity contribution in [3.63, 3.8) is 0 Å². The predicted octanol–water partition coefficient (Wildman–Crippen LogP) is 3.89. The summed E-state index contributed by atoms with van der Waals surface area (Å²) in [5, 5.41) is 0.847. The molecule has 2 aromatic carbocycles. The van der Waals surface area contributed by atoms with Gasteiger partial charge in [-0.25, -0.2) is 8.78 Å². The van der Waals surface area contributed by atoms with Crippen LogP contribution in [0.2, 0.25) is 0 Å². The third-order valence-electron chi connectivity index (χ3n) is 3.49. The number of hydrogen-bond acceptors (Lipinski definition) is 3. The summed E-state index contributed by atoms with van der Waals surface area (Å²) >= 11 is 0. The van der Waals surface area contributed by atoms with Crippen molar-refractivity contribution in [3.05, 3.63) is 54.1 Å². The van der Waals surface area contributed by atoms with Crippen molar-refractivity contribution in [2.24, 2.45) is 0 Å². The molecule has 0 aliphatic rings. The summed E-state index contributed by atoms with van der Waals surface area (Å²) in [5.41, 5.74) is 1.39. The Bertz CT molecular complexity index is 645. The van der Waals surface area contributed by atoms with Gasteiger partial charge in [0, 0.05) is 25.0 Å². The SMILES string of the molecule is CCO[Si](OCC)(OCC)c1ccc(-c2ccc(F)c(F)c2)cc1. The van der Waals surface area contributed by atoms with Crippen LogP contribution in [0, 0.1) is 11.6 Å². The molecule has 0 aliphatic heterocycles. The molecular weight excluding hydrogens is 330 g/mol. The molecular formula is C18H22F2O3Si.